The molecule has 114 valence electrons. The van der Waals surface area contributed by atoms with Crippen LogP contribution < -0.4 is 5.56 Å². The molecule has 4 rings (SSSR count). The maximum Gasteiger partial charge on any atom is 0.259 e. The number of aromatic nitrogens is 2. The third-order valence-electron chi connectivity index (χ3n) is 4.41. The van der Waals surface area contributed by atoms with Crippen molar-refractivity contribution in [2.75, 3.05) is 0 Å². The van der Waals surface area contributed by atoms with Gasteiger partial charge in [-0.15, -0.1) is 0 Å². The fourth-order valence-corrected chi connectivity index (χ4v) is 3.54. The van der Waals surface area contributed by atoms with Crippen LogP contribution in [-0.2, 0) is 14.1 Å². The Morgan fingerprint density at radius 1 is 0.870 bits per heavy atom. The molecule has 0 amide bonds. The standard InChI is InChI=1S/C19H15BrN2O/c1-21-17-6-4-3-5-14(17)16-11-15(19(23)22(2)18(16)21)12-7-9-13(20)10-8-12/h3-11H,1-2H3. The van der Waals surface area contributed by atoms with Gasteiger partial charge in [0.1, 0.15) is 5.65 Å². The van der Waals surface area contributed by atoms with E-state index in [0.29, 0.717) is 0 Å². The highest BCUT2D eigenvalue weighted by Gasteiger charge is 2.15. The van der Waals surface area contributed by atoms with E-state index in [9.17, 15) is 4.79 Å². The highest BCUT2D eigenvalue weighted by atomic mass is 79.9. The first kappa shape index (κ1) is 14.3. The van der Waals surface area contributed by atoms with Crippen molar-refractivity contribution in [3.63, 3.8) is 0 Å². The summed E-state index contributed by atoms with van der Waals surface area (Å²) in [5.74, 6) is 0. The second kappa shape index (κ2) is 5.10. The van der Waals surface area contributed by atoms with Crippen LogP contribution >= 0.6 is 15.9 Å². The first-order valence-electron chi connectivity index (χ1n) is 7.41. The molecule has 0 aliphatic rings. The maximum absolute atomic E-state index is 12.8. The van der Waals surface area contributed by atoms with Crippen LogP contribution in [-0.4, -0.2) is 9.13 Å². The minimum atomic E-state index is 0.0192. The number of hydrogen-bond donors (Lipinski definition) is 0. The number of rotatable bonds is 1. The van der Waals surface area contributed by atoms with Gasteiger partial charge in [0.2, 0.25) is 0 Å². The van der Waals surface area contributed by atoms with Crippen molar-refractivity contribution in [2.45, 2.75) is 0 Å². The molecule has 2 heterocycles. The van der Waals surface area contributed by atoms with Gasteiger partial charge in [-0.05, 0) is 29.8 Å². The quantitative estimate of drug-likeness (QED) is 0.488. The van der Waals surface area contributed by atoms with Crippen LogP contribution in [0, 0.1) is 0 Å². The number of pyridine rings is 1. The average Bonchev–Trinajstić information content (AvgIpc) is 2.85. The summed E-state index contributed by atoms with van der Waals surface area (Å²) in [7, 11) is 3.84. The molecule has 2 aromatic heterocycles. The Kier molecular flexibility index (Phi) is 3.16. The van der Waals surface area contributed by atoms with Crippen molar-refractivity contribution >= 4 is 37.9 Å². The Balaban J connectivity index is 2.15. The first-order valence-corrected chi connectivity index (χ1v) is 8.20. The molecule has 0 radical (unpaired) electrons. The number of benzene rings is 2. The van der Waals surface area contributed by atoms with Crippen LogP contribution in [0.4, 0.5) is 0 Å². The van der Waals surface area contributed by atoms with Gasteiger partial charge in [0.25, 0.3) is 5.56 Å². The van der Waals surface area contributed by atoms with Crippen LogP contribution in [0.2, 0.25) is 0 Å². The number of nitrogens with zero attached hydrogens (tertiary/aromatic N) is 2. The zero-order valence-electron chi connectivity index (χ0n) is 12.9. The lowest BCUT2D eigenvalue weighted by atomic mass is 10.1. The van der Waals surface area contributed by atoms with E-state index in [1.807, 2.05) is 56.6 Å². The van der Waals surface area contributed by atoms with E-state index in [1.165, 1.54) is 5.39 Å². The molecule has 0 aliphatic heterocycles. The Bertz CT molecular complexity index is 1100. The molecule has 0 saturated heterocycles. The minimum absolute atomic E-state index is 0.0192. The molecule has 23 heavy (non-hydrogen) atoms. The Hall–Kier alpha value is -2.33. The second-order valence-electron chi connectivity index (χ2n) is 5.74. The molecule has 0 fully saturated rings. The minimum Gasteiger partial charge on any atom is -0.330 e. The molecule has 0 bridgehead atoms. The van der Waals surface area contributed by atoms with Crippen LogP contribution in [0.1, 0.15) is 0 Å². The van der Waals surface area contributed by atoms with Crippen molar-refractivity contribution in [2.24, 2.45) is 14.1 Å². The molecule has 0 saturated carbocycles. The van der Waals surface area contributed by atoms with Gasteiger partial charge >= 0.3 is 0 Å². The SMILES string of the molecule is Cn1c(=O)c(-c2ccc(Br)cc2)cc2c3ccccc3n(C)c21. The van der Waals surface area contributed by atoms with Crippen molar-refractivity contribution in [1.29, 1.82) is 0 Å². The molecule has 0 unspecified atom stereocenters. The van der Waals surface area contributed by atoms with Crippen molar-refractivity contribution in [3.05, 3.63) is 69.4 Å². The summed E-state index contributed by atoms with van der Waals surface area (Å²) in [6, 6.07) is 18.1. The van der Waals surface area contributed by atoms with Crippen LogP contribution in [0.3, 0.4) is 0 Å². The van der Waals surface area contributed by atoms with E-state index in [4.69, 9.17) is 0 Å². The van der Waals surface area contributed by atoms with Gasteiger partial charge in [0, 0.05) is 34.9 Å². The fraction of sp³-hybridized carbons (Fsp3) is 0.105. The van der Waals surface area contributed by atoms with E-state index in [0.717, 1.165) is 32.1 Å². The Morgan fingerprint density at radius 3 is 2.30 bits per heavy atom. The van der Waals surface area contributed by atoms with E-state index in [-0.39, 0.29) is 5.56 Å². The predicted molar refractivity (Wildman–Crippen MR) is 98.8 cm³/mol. The summed E-state index contributed by atoms with van der Waals surface area (Å²) < 4.78 is 4.83. The molecule has 3 nitrogen and oxygen atoms in total. The molecule has 0 aliphatic carbocycles. The van der Waals surface area contributed by atoms with E-state index in [1.54, 1.807) is 4.57 Å². The summed E-state index contributed by atoms with van der Waals surface area (Å²) >= 11 is 3.44. The number of fused-ring (bicyclic) bond motifs is 3. The lowest BCUT2D eigenvalue weighted by Crippen LogP contribution is -2.20. The second-order valence-corrected chi connectivity index (χ2v) is 6.66. The van der Waals surface area contributed by atoms with Gasteiger partial charge in [-0.1, -0.05) is 46.3 Å². The highest BCUT2D eigenvalue weighted by Crippen LogP contribution is 2.30. The Morgan fingerprint density at radius 2 is 1.57 bits per heavy atom. The molecular weight excluding hydrogens is 352 g/mol. The smallest absolute Gasteiger partial charge is 0.259 e. The number of para-hydroxylation sites is 1. The number of aryl methyl sites for hydroxylation is 2. The summed E-state index contributed by atoms with van der Waals surface area (Å²) in [5.41, 5.74) is 3.75. The van der Waals surface area contributed by atoms with E-state index in [2.05, 4.69) is 32.6 Å². The van der Waals surface area contributed by atoms with Crippen molar-refractivity contribution in [3.8, 4) is 11.1 Å². The summed E-state index contributed by atoms with van der Waals surface area (Å²) in [4.78, 5) is 12.8. The number of hydrogen-bond acceptors (Lipinski definition) is 1. The number of halogens is 1. The monoisotopic (exact) mass is 366 g/mol. The molecule has 0 atom stereocenters. The highest BCUT2D eigenvalue weighted by molar-refractivity contribution is 9.10. The summed E-state index contributed by atoms with van der Waals surface area (Å²) in [5, 5.41) is 2.27. The Labute approximate surface area is 141 Å². The fourth-order valence-electron chi connectivity index (χ4n) is 3.28. The zero-order valence-corrected chi connectivity index (χ0v) is 14.5. The van der Waals surface area contributed by atoms with E-state index < -0.39 is 0 Å². The zero-order chi connectivity index (χ0) is 16.1. The molecule has 4 aromatic rings. The largest absolute Gasteiger partial charge is 0.330 e. The van der Waals surface area contributed by atoms with Gasteiger partial charge in [-0.3, -0.25) is 9.36 Å². The van der Waals surface area contributed by atoms with Gasteiger partial charge in [0.05, 0.1) is 5.52 Å². The van der Waals surface area contributed by atoms with Gasteiger partial charge in [-0.25, -0.2) is 0 Å². The summed E-state index contributed by atoms with van der Waals surface area (Å²) in [6.07, 6.45) is 0. The average molecular weight is 367 g/mol. The lowest BCUT2D eigenvalue weighted by molar-refractivity contribution is 0.846. The predicted octanol–water partition coefficient (Wildman–Crippen LogP) is 4.46. The first-order chi connectivity index (χ1) is 11.1. The lowest BCUT2D eigenvalue weighted by Gasteiger charge is -2.08. The third-order valence-corrected chi connectivity index (χ3v) is 4.94. The van der Waals surface area contributed by atoms with Gasteiger partial charge in [0.15, 0.2) is 0 Å². The van der Waals surface area contributed by atoms with Crippen LogP contribution in [0.15, 0.2) is 63.9 Å². The topological polar surface area (TPSA) is 26.9 Å². The molecule has 4 heteroatoms. The molecule has 0 spiro atoms. The van der Waals surface area contributed by atoms with Gasteiger partial charge in [-0.2, -0.15) is 0 Å². The molecule has 0 N–H and O–H groups in total. The van der Waals surface area contributed by atoms with Crippen LogP contribution in [0.25, 0.3) is 33.1 Å². The van der Waals surface area contributed by atoms with Gasteiger partial charge < -0.3 is 4.57 Å². The van der Waals surface area contributed by atoms with E-state index >= 15 is 0 Å². The summed E-state index contributed by atoms with van der Waals surface area (Å²) in [6.45, 7) is 0. The normalized spacial score (nSPS) is 11.4. The maximum atomic E-state index is 12.8. The molecular formula is C19H15BrN2O. The van der Waals surface area contributed by atoms with Crippen molar-refractivity contribution in [1.82, 2.24) is 9.13 Å². The van der Waals surface area contributed by atoms with Crippen LogP contribution in [0.5, 0.6) is 0 Å². The van der Waals surface area contributed by atoms with Crippen molar-refractivity contribution < 1.29 is 0 Å². The third kappa shape index (κ3) is 2.05. The molecule has 2 aromatic carbocycles.